The van der Waals surface area contributed by atoms with Crippen molar-refractivity contribution in [3.63, 3.8) is 0 Å². The Morgan fingerprint density at radius 3 is 2.95 bits per heavy atom. The second-order valence-electron chi connectivity index (χ2n) is 4.54. The number of nitrogens with zero attached hydrogens (tertiary/aromatic N) is 1. The SMILES string of the molecule is CN(C)CCNC(=O)/C=C/c1ccc2c(c1)OCO2. The van der Waals surface area contributed by atoms with Crippen LogP contribution < -0.4 is 14.8 Å². The van der Waals surface area contributed by atoms with E-state index < -0.39 is 0 Å². The zero-order valence-corrected chi connectivity index (χ0v) is 11.2. The summed E-state index contributed by atoms with van der Waals surface area (Å²) in [7, 11) is 3.93. The summed E-state index contributed by atoms with van der Waals surface area (Å²) in [5.41, 5.74) is 0.909. The molecular formula is C14H18N2O3. The van der Waals surface area contributed by atoms with Crippen LogP contribution in [0.3, 0.4) is 0 Å². The van der Waals surface area contributed by atoms with Gasteiger partial charge in [-0.2, -0.15) is 0 Å². The highest BCUT2D eigenvalue weighted by Crippen LogP contribution is 2.32. The molecule has 2 rings (SSSR count). The number of rotatable bonds is 5. The molecule has 0 saturated heterocycles. The number of ether oxygens (including phenoxy) is 2. The number of amides is 1. The quantitative estimate of drug-likeness (QED) is 0.808. The molecule has 1 aromatic rings. The molecule has 0 saturated carbocycles. The van der Waals surface area contributed by atoms with Crippen LogP contribution in [0.5, 0.6) is 11.5 Å². The van der Waals surface area contributed by atoms with Crippen molar-refractivity contribution in [1.29, 1.82) is 0 Å². The lowest BCUT2D eigenvalue weighted by molar-refractivity contribution is -0.116. The molecule has 0 aromatic heterocycles. The van der Waals surface area contributed by atoms with E-state index in [0.717, 1.165) is 23.6 Å². The van der Waals surface area contributed by atoms with Gasteiger partial charge >= 0.3 is 0 Å². The predicted molar refractivity (Wildman–Crippen MR) is 73.2 cm³/mol. The average Bonchev–Trinajstić information content (AvgIpc) is 2.83. The Morgan fingerprint density at radius 2 is 2.16 bits per heavy atom. The van der Waals surface area contributed by atoms with Crippen LogP contribution in [0, 0.1) is 0 Å². The summed E-state index contributed by atoms with van der Waals surface area (Å²) in [6.07, 6.45) is 3.28. The molecule has 1 amide bonds. The van der Waals surface area contributed by atoms with Gasteiger partial charge in [-0.05, 0) is 37.9 Å². The molecule has 1 N–H and O–H groups in total. The van der Waals surface area contributed by atoms with Crippen molar-refractivity contribution in [2.75, 3.05) is 34.0 Å². The number of carbonyl (C=O) groups is 1. The van der Waals surface area contributed by atoms with Crippen molar-refractivity contribution >= 4 is 12.0 Å². The Balaban J connectivity index is 1.86. The highest BCUT2D eigenvalue weighted by molar-refractivity contribution is 5.91. The van der Waals surface area contributed by atoms with Crippen LogP contribution in [0.15, 0.2) is 24.3 Å². The highest BCUT2D eigenvalue weighted by atomic mass is 16.7. The van der Waals surface area contributed by atoms with E-state index in [0.29, 0.717) is 6.54 Å². The molecule has 5 heteroatoms. The van der Waals surface area contributed by atoms with Gasteiger partial charge in [0.15, 0.2) is 11.5 Å². The first-order chi connectivity index (χ1) is 9.15. The zero-order chi connectivity index (χ0) is 13.7. The fourth-order valence-electron chi connectivity index (χ4n) is 1.65. The third-order valence-electron chi connectivity index (χ3n) is 2.68. The van der Waals surface area contributed by atoms with Gasteiger partial charge in [-0.25, -0.2) is 0 Å². The molecule has 0 bridgehead atoms. The monoisotopic (exact) mass is 262 g/mol. The van der Waals surface area contributed by atoms with Gasteiger partial charge in [-0.3, -0.25) is 4.79 Å². The first-order valence-corrected chi connectivity index (χ1v) is 6.15. The zero-order valence-electron chi connectivity index (χ0n) is 11.2. The van der Waals surface area contributed by atoms with E-state index in [-0.39, 0.29) is 12.7 Å². The standard InChI is InChI=1S/C14H18N2O3/c1-16(2)8-7-15-14(17)6-4-11-3-5-12-13(9-11)19-10-18-12/h3-6,9H,7-8,10H2,1-2H3,(H,15,17)/b6-4+. The smallest absolute Gasteiger partial charge is 0.244 e. The van der Waals surface area contributed by atoms with Crippen LogP contribution in [-0.2, 0) is 4.79 Å². The Bertz CT molecular complexity index is 484. The highest BCUT2D eigenvalue weighted by Gasteiger charge is 2.12. The lowest BCUT2D eigenvalue weighted by atomic mass is 10.2. The minimum atomic E-state index is -0.0977. The van der Waals surface area contributed by atoms with E-state index in [9.17, 15) is 4.79 Å². The number of carbonyl (C=O) groups excluding carboxylic acids is 1. The van der Waals surface area contributed by atoms with E-state index in [2.05, 4.69) is 5.32 Å². The number of fused-ring (bicyclic) bond motifs is 1. The van der Waals surface area contributed by atoms with Gasteiger partial charge in [0, 0.05) is 19.2 Å². The maximum atomic E-state index is 11.6. The van der Waals surface area contributed by atoms with Crippen LogP contribution >= 0.6 is 0 Å². The fourth-order valence-corrected chi connectivity index (χ4v) is 1.65. The molecule has 0 atom stereocenters. The van der Waals surface area contributed by atoms with Crippen molar-refractivity contribution in [1.82, 2.24) is 10.2 Å². The predicted octanol–water partition coefficient (Wildman–Crippen LogP) is 1.11. The van der Waals surface area contributed by atoms with Gasteiger partial charge in [0.05, 0.1) is 0 Å². The molecule has 0 spiro atoms. The maximum Gasteiger partial charge on any atom is 0.244 e. The average molecular weight is 262 g/mol. The number of nitrogens with one attached hydrogen (secondary N) is 1. The molecule has 5 nitrogen and oxygen atoms in total. The summed E-state index contributed by atoms with van der Waals surface area (Å²) in [6, 6.07) is 5.58. The number of benzene rings is 1. The minimum absolute atomic E-state index is 0.0977. The van der Waals surface area contributed by atoms with E-state index in [1.54, 1.807) is 6.08 Å². The molecule has 1 aliphatic heterocycles. The topological polar surface area (TPSA) is 50.8 Å². The van der Waals surface area contributed by atoms with E-state index >= 15 is 0 Å². The number of likely N-dealkylation sites (N-methyl/N-ethyl adjacent to an activating group) is 1. The molecule has 102 valence electrons. The van der Waals surface area contributed by atoms with Crippen molar-refractivity contribution in [3.8, 4) is 11.5 Å². The van der Waals surface area contributed by atoms with E-state index in [4.69, 9.17) is 9.47 Å². The lowest BCUT2D eigenvalue weighted by Gasteiger charge is -2.08. The Hall–Kier alpha value is -2.01. The summed E-state index contributed by atoms with van der Waals surface area (Å²) in [4.78, 5) is 13.6. The van der Waals surface area contributed by atoms with Crippen molar-refractivity contribution in [2.45, 2.75) is 0 Å². The number of hydrogen-bond donors (Lipinski definition) is 1. The molecule has 1 heterocycles. The van der Waals surface area contributed by atoms with Crippen molar-refractivity contribution < 1.29 is 14.3 Å². The molecule has 0 radical (unpaired) electrons. The molecule has 0 unspecified atom stereocenters. The third kappa shape index (κ3) is 3.99. The Kier molecular flexibility index (Phi) is 4.41. The summed E-state index contributed by atoms with van der Waals surface area (Å²) in [6.45, 7) is 1.72. The van der Waals surface area contributed by atoms with Crippen LogP contribution in [-0.4, -0.2) is 44.8 Å². The third-order valence-corrected chi connectivity index (χ3v) is 2.68. The molecule has 19 heavy (non-hydrogen) atoms. The lowest BCUT2D eigenvalue weighted by Crippen LogP contribution is -2.30. The Labute approximate surface area is 112 Å². The van der Waals surface area contributed by atoms with Crippen LogP contribution in [0.2, 0.25) is 0 Å². The fraction of sp³-hybridized carbons (Fsp3) is 0.357. The van der Waals surface area contributed by atoms with E-state index in [1.807, 2.05) is 37.2 Å². The van der Waals surface area contributed by atoms with Gasteiger partial charge in [0.1, 0.15) is 0 Å². The first-order valence-electron chi connectivity index (χ1n) is 6.15. The summed E-state index contributed by atoms with van der Waals surface area (Å²) < 4.78 is 10.5. The first kappa shape index (κ1) is 13.4. The van der Waals surface area contributed by atoms with Gasteiger partial charge in [0.25, 0.3) is 0 Å². The maximum absolute atomic E-state index is 11.6. The van der Waals surface area contributed by atoms with Crippen LogP contribution in [0.4, 0.5) is 0 Å². The molecular weight excluding hydrogens is 244 g/mol. The molecule has 1 aromatic carbocycles. The normalized spacial score (nSPS) is 13.2. The largest absolute Gasteiger partial charge is 0.454 e. The van der Waals surface area contributed by atoms with Crippen molar-refractivity contribution in [2.24, 2.45) is 0 Å². The van der Waals surface area contributed by atoms with Crippen LogP contribution in [0.25, 0.3) is 6.08 Å². The van der Waals surface area contributed by atoms with Gasteiger partial charge in [0.2, 0.25) is 12.7 Å². The summed E-state index contributed by atoms with van der Waals surface area (Å²) >= 11 is 0. The molecule has 0 aliphatic carbocycles. The summed E-state index contributed by atoms with van der Waals surface area (Å²) in [5.74, 6) is 1.36. The van der Waals surface area contributed by atoms with E-state index in [1.165, 1.54) is 6.08 Å². The molecule has 1 aliphatic rings. The molecule has 0 fully saturated rings. The van der Waals surface area contributed by atoms with Gasteiger partial charge in [-0.1, -0.05) is 6.07 Å². The van der Waals surface area contributed by atoms with Crippen molar-refractivity contribution in [3.05, 3.63) is 29.8 Å². The van der Waals surface area contributed by atoms with Gasteiger partial charge < -0.3 is 19.7 Å². The minimum Gasteiger partial charge on any atom is -0.454 e. The van der Waals surface area contributed by atoms with Crippen LogP contribution in [0.1, 0.15) is 5.56 Å². The second-order valence-corrected chi connectivity index (χ2v) is 4.54. The Morgan fingerprint density at radius 1 is 1.37 bits per heavy atom. The summed E-state index contributed by atoms with van der Waals surface area (Å²) in [5, 5.41) is 2.81. The number of hydrogen-bond acceptors (Lipinski definition) is 4. The van der Waals surface area contributed by atoms with Gasteiger partial charge in [-0.15, -0.1) is 0 Å². The second kappa shape index (κ2) is 6.24.